The van der Waals surface area contributed by atoms with E-state index in [-0.39, 0.29) is 11.1 Å². The average molecular weight is 611 g/mol. The minimum absolute atomic E-state index is 0.0525. The number of fused-ring (bicyclic) bond motifs is 1. The molecule has 0 spiro atoms. The molecular formula is C27H30O16. The fourth-order valence-corrected chi connectivity index (χ4v) is 4.96. The zero-order valence-corrected chi connectivity index (χ0v) is 22.3. The van der Waals surface area contributed by atoms with E-state index in [9.17, 15) is 55.9 Å². The molecule has 16 nitrogen and oxygen atoms in total. The van der Waals surface area contributed by atoms with Crippen LogP contribution in [0.2, 0.25) is 0 Å². The Balaban J connectivity index is 1.54. The van der Waals surface area contributed by atoms with Crippen LogP contribution in [0.4, 0.5) is 0 Å². The molecule has 0 amide bonds. The predicted octanol–water partition coefficient (Wildman–Crippen LogP) is -1.69. The molecule has 2 saturated heterocycles. The van der Waals surface area contributed by atoms with Crippen molar-refractivity contribution in [3.8, 4) is 40.1 Å². The molecule has 0 aliphatic carbocycles. The van der Waals surface area contributed by atoms with Gasteiger partial charge in [0.15, 0.2) is 23.5 Å². The summed E-state index contributed by atoms with van der Waals surface area (Å²) in [7, 11) is 0. The fourth-order valence-electron chi connectivity index (χ4n) is 4.96. The van der Waals surface area contributed by atoms with Gasteiger partial charge in [0, 0.05) is 17.7 Å². The number of aliphatic hydroxyl groups excluding tert-OH is 6. The van der Waals surface area contributed by atoms with Crippen LogP contribution >= 0.6 is 0 Å². The van der Waals surface area contributed by atoms with Gasteiger partial charge < -0.3 is 74.4 Å². The maximum atomic E-state index is 13.6. The third-order valence-corrected chi connectivity index (χ3v) is 7.31. The summed E-state index contributed by atoms with van der Waals surface area (Å²) in [6.07, 6.45) is -16.6. The molecule has 0 bridgehead atoms. The summed E-state index contributed by atoms with van der Waals surface area (Å²) in [5, 5.41) is 102. The quantitative estimate of drug-likeness (QED) is 0.140. The normalized spacial score (nSPS) is 33.0. The zero-order chi connectivity index (χ0) is 31.3. The Labute approximate surface area is 241 Å². The molecule has 3 heterocycles. The second kappa shape index (κ2) is 11.8. The third kappa shape index (κ3) is 5.55. The van der Waals surface area contributed by atoms with E-state index in [1.807, 2.05) is 0 Å². The number of aliphatic hydroxyl groups is 6. The molecule has 10 atom stereocenters. The molecule has 10 N–H and O–H groups in total. The van der Waals surface area contributed by atoms with Crippen LogP contribution in [0.15, 0.2) is 39.5 Å². The van der Waals surface area contributed by atoms with Gasteiger partial charge in [-0.1, -0.05) is 0 Å². The van der Waals surface area contributed by atoms with E-state index >= 15 is 0 Å². The molecule has 2 aliphatic heterocycles. The van der Waals surface area contributed by atoms with Gasteiger partial charge in [-0.15, -0.1) is 0 Å². The minimum atomic E-state index is -2.03. The standard InChI is InChI=1S/C27H30O16/c1-8-17(33)24(18(34)15(7-28)39-8)41-26-21(37)20(36)22(38)27(43-26)42-25-19(35)16-13(32)5-10(29)6-14(16)40-23(25)9-2-3-11(30)12(31)4-9/h2-6,8,15,17-18,20-22,24,26-34,36-38H,7H2,1H3/t8-,15+,17-,18-,20+,21+,22+,24+,26+,27+/m0/s1. The van der Waals surface area contributed by atoms with E-state index in [4.69, 9.17) is 23.4 Å². The summed E-state index contributed by atoms with van der Waals surface area (Å²) < 4.78 is 27.8. The predicted molar refractivity (Wildman–Crippen MR) is 140 cm³/mol. The number of benzene rings is 2. The maximum Gasteiger partial charge on any atom is 0.239 e. The van der Waals surface area contributed by atoms with Crippen molar-refractivity contribution in [3.63, 3.8) is 0 Å². The van der Waals surface area contributed by atoms with Gasteiger partial charge >= 0.3 is 0 Å². The Morgan fingerprint density at radius 2 is 1.49 bits per heavy atom. The van der Waals surface area contributed by atoms with Crippen LogP contribution < -0.4 is 10.2 Å². The van der Waals surface area contributed by atoms with Gasteiger partial charge in [-0.25, -0.2) is 0 Å². The summed E-state index contributed by atoms with van der Waals surface area (Å²) in [4.78, 5) is 13.6. The maximum absolute atomic E-state index is 13.6. The smallest absolute Gasteiger partial charge is 0.239 e. The molecule has 2 aromatic carbocycles. The Bertz CT molecular complexity index is 1540. The van der Waals surface area contributed by atoms with Crippen LogP contribution in [0, 0.1) is 0 Å². The van der Waals surface area contributed by atoms with Gasteiger partial charge in [0.2, 0.25) is 17.5 Å². The number of aromatic hydroxyl groups is 4. The molecule has 234 valence electrons. The Morgan fingerprint density at radius 1 is 0.791 bits per heavy atom. The van der Waals surface area contributed by atoms with Crippen molar-refractivity contribution in [1.82, 2.24) is 0 Å². The molecule has 2 aliphatic rings. The first-order valence-electron chi connectivity index (χ1n) is 13.0. The van der Waals surface area contributed by atoms with Crippen molar-refractivity contribution in [2.24, 2.45) is 0 Å². The van der Waals surface area contributed by atoms with Gasteiger partial charge in [0.25, 0.3) is 0 Å². The summed E-state index contributed by atoms with van der Waals surface area (Å²) >= 11 is 0. The monoisotopic (exact) mass is 610 g/mol. The number of hydrogen-bond donors (Lipinski definition) is 10. The van der Waals surface area contributed by atoms with Crippen LogP contribution in [0.5, 0.6) is 28.7 Å². The molecule has 0 radical (unpaired) electrons. The molecule has 1 aromatic heterocycles. The molecule has 16 heteroatoms. The van der Waals surface area contributed by atoms with E-state index in [0.717, 1.165) is 24.3 Å². The first-order valence-corrected chi connectivity index (χ1v) is 13.0. The first-order chi connectivity index (χ1) is 20.3. The molecule has 43 heavy (non-hydrogen) atoms. The van der Waals surface area contributed by atoms with Gasteiger partial charge in [-0.3, -0.25) is 4.79 Å². The third-order valence-electron chi connectivity index (χ3n) is 7.31. The highest BCUT2D eigenvalue weighted by Gasteiger charge is 2.51. The van der Waals surface area contributed by atoms with Crippen LogP contribution in [0.1, 0.15) is 6.92 Å². The van der Waals surface area contributed by atoms with E-state index in [1.54, 1.807) is 0 Å². The lowest BCUT2D eigenvalue weighted by Gasteiger charge is -2.45. The van der Waals surface area contributed by atoms with Crippen LogP contribution in [-0.4, -0.2) is 119 Å². The van der Waals surface area contributed by atoms with E-state index in [1.165, 1.54) is 13.0 Å². The summed E-state index contributed by atoms with van der Waals surface area (Å²) in [6.45, 7) is 0.798. The Morgan fingerprint density at radius 3 is 2.16 bits per heavy atom. The highest BCUT2D eigenvalue weighted by atomic mass is 16.8. The molecular weight excluding hydrogens is 580 g/mol. The molecule has 0 unspecified atom stereocenters. The molecule has 0 saturated carbocycles. The molecule has 5 rings (SSSR count). The van der Waals surface area contributed by atoms with E-state index < -0.39 is 113 Å². The van der Waals surface area contributed by atoms with Crippen molar-refractivity contribution in [3.05, 3.63) is 40.6 Å². The Hall–Kier alpha value is -3.71. The van der Waals surface area contributed by atoms with Gasteiger partial charge in [0.05, 0.1) is 12.7 Å². The average Bonchev–Trinajstić information content (AvgIpc) is 2.96. The van der Waals surface area contributed by atoms with E-state index in [0.29, 0.717) is 0 Å². The topological polar surface area (TPSA) is 269 Å². The second-order valence-corrected chi connectivity index (χ2v) is 10.2. The lowest BCUT2D eigenvalue weighted by atomic mass is 9.95. The van der Waals surface area contributed by atoms with Crippen molar-refractivity contribution >= 4 is 11.0 Å². The highest BCUT2D eigenvalue weighted by molar-refractivity contribution is 5.88. The van der Waals surface area contributed by atoms with Crippen molar-refractivity contribution in [1.29, 1.82) is 0 Å². The van der Waals surface area contributed by atoms with Crippen LogP contribution in [0.25, 0.3) is 22.3 Å². The van der Waals surface area contributed by atoms with Crippen molar-refractivity contribution < 1.29 is 74.4 Å². The lowest BCUT2D eigenvalue weighted by molar-refractivity contribution is -0.362. The number of phenolic OH excluding ortho intramolecular Hbond substituents is 4. The molecule has 3 aromatic rings. The van der Waals surface area contributed by atoms with Crippen LogP contribution in [-0.2, 0) is 14.2 Å². The number of rotatable bonds is 6. The van der Waals surface area contributed by atoms with Crippen molar-refractivity contribution in [2.75, 3.05) is 6.61 Å². The minimum Gasteiger partial charge on any atom is -0.508 e. The summed E-state index contributed by atoms with van der Waals surface area (Å²) in [5.74, 6) is -3.45. The second-order valence-electron chi connectivity index (χ2n) is 10.2. The summed E-state index contributed by atoms with van der Waals surface area (Å²) in [6, 6.07) is 5.18. The zero-order valence-electron chi connectivity index (χ0n) is 22.3. The Kier molecular flexibility index (Phi) is 8.41. The molecule has 2 fully saturated rings. The largest absolute Gasteiger partial charge is 0.508 e. The van der Waals surface area contributed by atoms with Gasteiger partial charge in [0.1, 0.15) is 65.2 Å². The number of phenols is 4. The van der Waals surface area contributed by atoms with Crippen LogP contribution in [0.3, 0.4) is 0 Å². The first kappa shape index (κ1) is 30.7. The summed E-state index contributed by atoms with van der Waals surface area (Å²) in [5.41, 5.74) is -1.41. The van der Waals surface area contributed by atoms with Crippen molar-refractivity contribution in [2.45, 2.75) is 68.3 Å². The fraction of sp³-hybridized carbons (Fsp3) is 0.444. The number of ether oxygens (including phenoxy) is 4. The lowest BCUT2D eigenvalue weighted by Crippen LogP contribution is -2.64. The van der Waals surface area contributed by atoms with Gasteiger partial charge in [-0.05, 0) is 25.1 Å². The number of hydrogen-bond acceptors (Lipinski definition) is 16. The van der Waals surface area contributed by atoms with Gasteiger partial charge in [-0.2, -0.15) is 0 Å². The highest BCUT2D eigenvalue weighted by Crippen LogP contribution is 2.39. The SMILES string of the molecule is C[C@@H]1O[C@H](CO)[C@H](O)[C@H](O[C@@H]2O[C@@H](Oc3c(-c4ccc(O)c(O)c4)oc4cc(O)cc(O)c4c3=O)[C@H](O)[C@H](O)[C@H]2O)[C@H]1O. The van der Waals surface area contributed by atoms with E-state index in [2.05, 4.69) is 0 Å².